The number of hydrogen-bond acceptors (Lipinski definition) is 4. The number of thiophene rings is 1. The van der Waals surface area contributed by atoms with E-state index in [0.29, 0.717) is 0 Å². The lowest BCUT2D eigenvalue weighted by Crippen LogP contribution is -1.98. The highest BCUT2D eigenvalue weighted by molar-refractivity contribution is 7.10. The summed E-state index contributed by atoms with van der Waals surface area (Å²) in [6, 6.07) is 2.01. The van der Waals surface area contributed by atoms with E-state index < -0.39 is 6.10 Å². The van der Waals surface area contributed by atoms with Crippen LogP contribution >= 0.6 is 22.7 Å². The lowest BCUT2D eigenvalue weighted by molar-refractivity contribution is 0.219. The Kier molecular flexibility index (Phi) is 2.44. The first kappa shape index (κ1) is 8.87. The van der Waals surface area contributed by atoms with Gasteiger partial charge in [0.05, 0.1) is 11.2 Å². The largest absolute Gasteiger partial charge is 0.381 e. The van der Waals surface area contributed by atoms with Gasteiger partial charge in [0.2, 0.25) is 0 Å². The van der Waals surface area contributed by atoms with Gasteiger partial charge in [-0.3, -0.25) is 0 Å². The molecule has 13 heavy (non-hydrogen) atoms. The van der Waals surface area contributed by atoms with Crippen LogP contribution < -0.4 is 0 Å². The van der Waals surface area contributed by atoms with Gasteiger partial charge in [0, 0.05) is 10.3 Å². The summed E-state index contributed by atoms with van der Waals surface area (Å²) in [5.74, 6) is 0. The Hall–Kier alpha value is -0.710. The SMILES string of the molecule is Cc1ccsc1C(O)c1cscn1. The molecule has 0 radical (unpaired) electrons. The highest BCUT2D eigenvalue weighted by atomic mass is 32.1. The molecule has 68 valence electrons. The molecule has 1 atom stereocenters. The fourth-order valence-electron chi connectivity index (χ4n) is 1.16. The summed E-state index contributed by atoms with van der Waals surface area (Å²) in [4.78, 5) is 5.08. The Morgan fingerprint density at radius 1 is 1.54 bits per heavy atom. The highest BCUT2D eigenvalue weighted by Gasteiger charge is 2.15. The lowest BCUT2D eigenvalue weighted by Gasteiger charge is -2.05. The van der Waals surface area contributed by atoms with Gasteiger partial charge < -0.3 is 5.11 Å². The summed E-state index contributed by atoms with van der Waals surface area (Å²) in [5, 5.41) is 13.8. The molecule has 2 nitrogen and oxygen atoms in total. The molecule has 2 heterocycles. The predicted molar refractivity (Wildman–Crippen MR) is 55.2 cm³/mol. The Morgan fingerprint density at radius 3 is 2.92 bits per heavy atom. The number of hydrogen-bond donors (Lipinski definition) is 1. The van der Waals surface area contributed by atoms with Crippen LogP contribution in [0.3, 0.4) is 0 Å². The fourth-order valence-corrected chi connectivity index (χ4v) is 2.65. The smallest absolute Gasteiger partial charge is 0.131 e. The normalized spacial score (nSPS) is 13.1. The Balaban J connectivity index is 2.33. The average Bonchev–Trinajstić information content (AvgIpc) is 2.72. The maximum Gasteiger partial charge on any atom is 0.131 e. The predicted octanol–water partition coefficient (Wildman–Crippen LogP) is 2.59. The number of rotatable bonds is 2. The second kappa shape index (κ2) is 3.57. The molecule has 2 rings (SSSR count). The van der Waals surface area contributed by atoms with Gasteiger partial charge in [-0.05, 0) is 23.9 Å². The van der Waals surface area contributed by atoms with Crippen LogP contribution in [-0.2, 0) is 0 Å². The first-order valence-electron chi connectivity index (χ1n) is 3.89. The van der Waals surface area contributed by atoms with Crippen LogP contribution in [0.4, 0.5) is 0 Å². The van der Waals surface area contributed by atoms with E-state index >= 15 is 0 Å². The van der Waals surface area contributed by atoms with E-state index in [1.54, 1.807) is 16.8 Å². The summed E-state index contributed by atoms with van der Waals surface area (Å²) in [5.41, 5.74) is 3.61. The van der Waals surface area contributed by atoms with Gasteiger partial charge in [0.25, 0.3) is 0 Å². The van der Waals surface area contributed by atoms with Crippen LogP contribution in [0.1, 0.15) is 22.2 Å². The second-order valence-corrected chi connectivity index (χ2v) is 4.45. The first-order valence-corrected chi connectivity index (χ1v) is 5.71. The molecule has 0 fully saturated rings. The third kappa shape index (κ3) is 1.65. The van der Waals surface area contributed by atoms with Crippen molar-refractivity contribution in [2.75, 3.05) is 0 Å². The molecule has 0 saturated heterocycles. The topological polar surface area (TPSA) is 33.1 Å². The molecule has 1 unspecified atom stereocenters. The molecular formula is C9H9NOS2. The minimum atomic E-state index is -0.550. The van der Waals surface area contributed by atoms with E-state index in [4.69, 9.17) is 0 Å². The monoisotopic (exact) mass is 211 g/mol. The van der Waals surface area contributed by atoms with Crippen molar-refractivity contribution in [3.63, 3.8) is 0 Å². The van der Waals surface area contributed by atoms with Crippen molar-refractivity contribution >= 4 is 22.7 Å². The van der Waals surface area contributed by atoms with Crippen LogP contribution in [0.15, 0.2) is 22.3 Å². The Bertz CT molecular complexity index is 380. The summed E-state index contributed by atoms with van der Waals surface area (Å²) < 4.78 is 0. The number of aryl methyl sites for hydroxylation is 1. The van der Waals surface area contributed by atoms with E-state index in [0.717, 1.165) is 16.1 Å². The molecule has 0 amide bonds. The van der Waals surface area contributed by atoms with Gasteiger partial charge in [-0.2, -0.15) is 0 Å². The first-order chi connectivity index (χ1) is 6.29. The Morgan fingerprint density at radius 2 is 2.38 bits per heavy atom. The molecule has 4 heteroatoms. The van der Waals surface area contributed by atoms with Crippen LogP contribution in [0.25, 0.3) is 0 Å². The van der Waals surface area contributed by atoms with Gasteiger partial charge >= 0.3 is 0 Å². The molecule has 0 aliphatic heterocycles. The Labute approximate surface area is 84.5 Å². The zero-order valence-corrected chi connectivity index (χ0v) is 8.73. The van der Waals surface area contributed by atoms with Crippen molar-refractivity contribution in [3.05, 3.63) is 38.5 Å². The number of aromatic nitrogens is 1. The molecule has 0 spiro atoms. The van der Waals surface area contributed by atoms with Crippen LogP contribution in [0.5, 0.6) is 0 Å². The zero-order valence-electron chi connectivity index (χ0n) is 7.10. The van der Waals surface area contributed by atoms with Gasteiger partial charge in [-0.15, -0.1) is 22.7 Å². The van der Waals surface area contributed by atoms with Crippen molar-refractivity contribution in [1.29, 1.82) is 0 Å². The molecule has 0 aliphatic rings. The molecule has 0 bridgehead atoms. The minimum Gasteiger partial charge on any atom is -0.381 e. The molecule has 2 aromatic heterocycles. The fraction of sp³-hybridized carbons (Fsp3) is 0.222. The maximum absolute atomic E-state index is 9.91. The summed E-state index contributed by atoms with van der Waals surface area (Å²) >= 11 is 3.08. The summed E-state index contributed by atoms with van der Waals surface area (Å²) in [7, 11) is 0. The average molecular weight is 211 g/mol. The molecule has 1 N–H and O–H groups in total. The van der Waals surface area contributed by atoms with Crippen molar-refractivity contribution in [2.45, 2.75) is 13.0 Å². The van der Waals surface area contributed by atoms with Gasteiger partial charge in [-0.1, -0.05) is 0 Å². The molecule has 0 aliphatic carbocycles. The van der Waals surface area contributed by atoms with Gasteiger partial charge in [0.15, 0.2) is 0 Å². The van der Waals surface area contributed by atoms with E-state index in [-0.39, 0.29) is 0 Å². The molecule has 2 aromatic rings. The van der Waals surface area contributed by atoms with Crippen LogP contribution in [0.2, 0.25) is 0 Å². The van der Waals surface area contributed by atoms with E-state index in [9.17, 15) is 5.11 Å². The highest BCUT2D eigenvalue weighted by Crippen LogP contribution is 2.28. The van der Waals surface area contributed by atoms with Gasteiger partial charge in [-0.25, -0.2) is 4.98 Å². The summed E-state index contributed by atoms with van der Waals surface area (Å²) in [6.45, 7) is 2.00. The van der Waals surface area contributed by atoms with Crippen molar-refractivity contribution in [3.8, 4) is 0 Å². The summed E-state index contributed by atoms with van der Waals surface area (Å²) in [6.07, 6.45) is -0.550. The zero-order chi connectivity index (χ0) is 9.26. The molecule has 0 aromatic carbocycles. The number of thiazole rings is 1. The molecule has 0 saturated carbocycles. The quantitative estimate of drug-likeness (QED) is 0.828. The number of nitrogens with zero attached hydrogens (tertiary/aromatic N) is 1. The van der Waals surface area contributed by atoms with Crippen molar-refractivity contribution in [2.24, 2.45) is 0 Å². The van der Waals surface area contributed by atoms with E-state index in [1.165, 1.54) is 11.3 Å². The minimum absolute atomic E-state index is 0.550. The van der Waals surface area contributed by atoms with Crippen molar-refractivity contribution < 1.29 is 5.11 Å². The number of aliphatic hydroxyl groups excluding tert-OH is 1. The lowest BCUT2D eigenvalue weighted by atomic mass is 10.2. The maximum atomic E-state index is 9.91. The molecular weight excluding hydrogens is 202 g/mol. The standard InChI is InChI=1S/C9H9NOS2/c1-6-2-3-13-9(6)8(11)7-4-12-5-10-7/h2-5,8,11H,1H3. The van der Waals surface area contributed by atoms with E-state index in [1.807, 2.05) is 23.8 Å². The second-order valence-electron chi connectivity index (χ2n) is 2.78. The number of aliphatic hydroxyl groups is 1. The van der Waals surface area contributed by atoms with Crippen LogP contribution in [-0.4, -0.2) is 10.1 Å². The third-order valence-corrected chi connectivity index (χ3v) is 3.56. The van der Waals surface area contributed by atoms with Crippen molar-refractivity contribution in [1.82, 2.24) is 4.98 Å². The van der Waals surface area contributed by atoms with Gasteiger partial charge in [0.1, 0.15) is 6.10 Å². The van der Waals surface area contributed by atoms with Crippen LogP contribution in [0, 0.1) is 6.92 Å². The van der Waals surface area contributed by atoms with E-state index in [2.05, 4.69) is 4.98 Å². The third-order valence-electron chi connectivity index (χ3n) is 1.88.